The van der Waals surface area contributed by atoms with Crippen molar-refractivity contribution in [2.45, 2.75) is 65.9 Å². The van der Waals surface area contributed by atoms with Crippen LogP contribution >= 0.6 is 0 Å². The van der Waals surface area contributed by atoms with Crippen molar-refractivity contribution in [3.8, 4) is 5.75 Å². The van der Waals surface area contributed by atoms with Crippen LogP contribution in [0.5, 0.6) is 5.75 Å². The van der Waals surface area contributed by atoms with Gasteiger partial charge in [-0.25, -0.2) is 4.79 Å². The smallest absolute Gasteiger partial charge is 0.331 e. The van der Waals surface area contributed by atoms with Gasteiger partial charge in [0.25, 0.3) is 0 Å². The molecule has 3 nitrogen and oxygen atoms in total. The first-order chi connectivity index (χ1) is 11.8. The van der Waals surface area contributed by atoms with E-state index < -0.39 is 0 Å². The Hall–Kier alpha value is -1.77. The van der Waals surface area contributed by atoms with Crippen LogP contribution in [0.25, 0.3) is 6.08 Å². The molecule has 1 aliphatic rings. The number of phenolic OH excluding ortho intramolecular Hbond substituents is 1. The number of hydrogen-bond acceptors (Lipinski definition) is 3. The maximum atomic E-state index is 12.0. The minimum atomic E-state index is -0.309. The van der Waals surface area contributed by atoms with Crippen LogP contribution in [0.3, 0.4) is 0 Å². The first kappa shape index (κ1) is 19.6. The van der Waals surface area contributed by atoms with Gasteiger partial charge in [0.05, 0.1) is 6.10 Å². The van der Waals surface area contributed by atoms with Gasteiger partial charge in [0.15, 0.2) is 0 Å². The Kier molecular flexibility index (Phi) is 6.69. The van der Waals surface area contributed by atoms with Crippen molar-refractivity contribution in [3.63, 3.8) is 0 Å². The Bertz CT molecular complexity index is 586. The van der Waals surface area contributed by atoms with Crippen molar-refractivity contribution >= 4 is 12.0 Å². The lowest BCUT2D eigenvalue weighted by Gasteiger charge is -2.43. The lowest BCUT2D eigenvalue weighted by Crippen LogP contribution is -2.34. The number of carbonyl (C=O) groups is 1. The molecule has 2 rings (SSSR count). The van der Waals surface area contributed by atoms with Gasteiger partial charge in [-0.1, -0.05) is 45.7 Å². The quantitative estimate of drug-likeness (QED) is 0.541. The van der Waals surface area contributed by atoms with Crippen LogP contribution in [0, 0.1) is 17.3 Å². The molecule has 138 valence electrons. The van der Waals surface area contributed by atoms with Crippen LogP contribution in [-0.2, 0) is 9.53 Å². The minimum Gasteiger partial charge on any atom is -0.508 e. The molecule has 1 aromatic carbocycles. The molecule has 3 heteroatoms. The number of esters is 1. The highest BCUT2D eigenvalue weighted by Gasteiger charge is 2.36. The number of carbonyl (C=O) groups excluding carboxylic acids is 1. The van der Waals surface area contributed by atoms with E-state index >= 15 is 0 Å². The van der Waals surface area contributed by atoms with E-state index in [2.05, 4.69) is 20.8 Å². The van der Waals surface area contributed by atoms with Gasteiger partial charge in [-0.2, -0.15) is 0 Å². The average molecular weight is 344 g/mol. The molecule has 0 aliphatic heterocycles. The first-order valence-corrected chi connectivity index (χ1v) is 9.45. The lowest BCUT2D eigenvalue weighted by molar-refractivity contribution is -0.142. The molecule has 25 heavy (non-hydrogen) atoms. The summed E-state index contributed by atoms with van der Waals surface area (Å²) in [5.41, 5.74) is 1.25. The number of hydrogen-bond donors (Lipinski definition) is 1. The van der Waals surface area contributed by atoms with Gasteiger partial charge in [0.2, 0.25) is 0 Å². The summed E-state index contributed by atoms with van der Waals surface area (Å²) in [7, 11) is 0. The van der Waals surface area contributed by atoms with Crippen molar-refractivity contribution < 1.29 is 14.6 Å². The predicted molar refractivity (Wildman–Crippen MR) is 102 cm³/mol. The van der Waals surface area contributed by atoms with Crippen LogP contribution in [0.4, 0.5) is 0 Å². The van der Waals surface area contributed by atoms with Crippen LogP contribution in [0.1, 0.15) is 65.4 Å². The fourth-order valence-electron chi connectivity index (χ4n) is 4.17. The largest absolute Gasteiger partial charge is 0.508 e. The van der Waals surface area contributed by atoms with Gasteiger partial charge in [-0.3, -0.25) is 0 Å². The Morgan fingerprint density at radius 1 is 1.36 bits per heavy atom. The van der Waals surface area contributed by atoms with E-state index in [1.165, 1.54) is 25.3 Å². The van der Waals surface area contributed by atoms with Gasteiger partial charge in [0.1, 0.15) is 5.75 Å². The summed E-state index contributed by atoms with van der Waals surface area (Å²) in [6.07, 6.45) is 9.07. The summed E-state index contributed by atoms with van der Waals surface area (Å²) >= 11 is 0. The maximum Gasteiger partial charge on any atom is 0.331 e. The highest BCUT2D eigenvalue weighted by atomic mass is 16.5. The fourth-order valence-corrected chi connectivity index (χ4v) is 4.17. The molecule has 1 aliphatic carbocycles. The fraction of sp³-hybridized carbons (Fsp3) is 0.591. The highest BCUT2D eigenvalue weighted by molar-refractivity contribution is 5.87. The van der Waals surface area contributed by atoms with E-state index in [1.807, 2.05) is 6.92 Å². The van der Waals surface area contributed by atoms with E-state index in [1.54, 1.807) is 30.3 Å². The summed E-state index contributed by atoms with van der Waals surface area (Å²) in [6, 6.07) is 6.71. The second-order valence-electron chi connectivity index (χ2n) is 8.21. The molecule has 1 fully saturated rings. The van der Waals surface area contributed by atoms with Crippen LogP contribution in [0.2, 0.25) is 0 Å². The van der Waals surface area contributed by atoms with E-state index in [4.69, 9.17) is 4.74 Å². The molecule has 0 aromatic heterocycles. The number of ether oxygens (including phenoxy) is 1. The molecular formula is C22H32O3. The van der Waals surface area contributed by atoms with Crippen molar-refractivity contribution in [1.29, 1.82) is 0 Å². The SMILES string of the molecule is CC(CCC1C(C)CCCC1(C)C)OC(=O)/C=C/c1ccc(O)cc1. The third-order valence-electron chi connectivity index (χ3n) is 5.68. The molecule has 3 atom stereocenters. The van der Waals surface area contributed by atoms with Crippen molar-refractivity contribution in [1.82, 2.24) is 0 Å². The van der Waals surface area contributed by atoms with Crippen LogP contribution < -0.4 is 0 Å². The zero-order valence-electron chi connectivity index (χ0n) is 16.0. The van der Waals surface area contributed by atoms with Crippen LogP contribution in [-0.4, -0.2) is 17.2 Å². The van der Waals surface area contributed by atoms with E-state index in [-0.39, 0.29) is 17.8 Å². The molecule has 3 unspecified atom stereocenters. The summed E-state index contributed by atoms with van der Waals surface area (Å²) in [6.45, 7) is 9.10. The summed E-state index contributed by atoms with van der Waals surface area (Å²) in [4.78, 5) is 12.0. The number of aromatic hydroxyl groups is 1. The topological polar surface area (TPSA) is 46.5 Å². The molecule has 0 spiro atoms. The minimum absolute atomic E-state index is 0.0677. The predicted octanol–water partition coefficient (Wildman–Crippen LogP) is 5.58. The van der Waals surface area contributed by atoms with Gasteiger partial charge in [-0.15, -0.1) is 0 Å². The summed E-state index contributed by atoms with van der Waals surface area (Å²) in [5.74, 6) is 1.36. The molecule has 1 N–H and O–H groups in total. The monoisotopic (exact) mass is 344 g/mol. The van der Waals surface area contributed by atoms with Crippen LogP contribution in [0.15, 0.2) is 30.3 Å². The van der Waals surface area contributed by atoms with E-state index in [0.29, 0.717) is 11.3 Å². The number of benzene rings is 1. The van der Waals surface area contributed by atoms with Crippen molar-refractivity contribution in [2.75, 3.05) is 0 Å². The third kappa shape index (κ3) is 5.91. The molecule has 0 saturated heterocycles. The standard InChI is InChI=1S/C22H32O3/c1-16-6-5-15-22(3,4)20(16)13-7-17(2)25-21(24)14-10-18-8-11-19(23)12-9-18/h8-12,14,16-17,20,23H,5-7,13,15H2,1-4H3/b14-10+. The normalized spacial score (nSPS) is 24.2. The average Bonchev–Trinajstić information content (AvgIpc) is 2.53. The van der Waals surface area contributed by atoms with Crippen molar-refractivity contribution in [2.24, 2.45) is 17.3 Å². The molecule has 1 saturated carbocycles. The van der Waals surface area contributed by atoms with E-state index in [0.717, 1.165) is 24.3 Å². The molecule has 1 aromatic rings. The van der Waals surface area contributed by atoms with Gasteiger partial charge in [-0.05, 0) is 67.2 Å². The molecule has 0 amide bonds. The van der Waals surface area contributed by atoms with E-state index in [9.17, 15) is 9.90 Å². The number of rotatable bonds is 6. The maximum absolute atomic E-state index is 12.0. The summed E-state index contributed by atoms with van der Waals surface area (Å²) in [5, 5.41) is 9.26. The molecule has 0 bridgehead atoms. The second kappa shape index (κ2) is 8.55. The van der Waals surface area contributed by atoms with Crippen molar-refractivity contribution in [3.05, 3.63) is 35.9 Å². The molecule has 0 radical (unpaired) electrons. The number of phenols is 1. The highest BCUT2D eigenvalue weighted by Crippen LogP contribution is 2.46. The Labute approximate surface area is 152 Å². The first-order valence-electron chi connectivity index (χ1n) is 9.45. The lowest BCUT2D eigenvalue weighted by atomic mass is 9.62. The molecular weight excluding hydrogens is 312 g/mol. The Morgan fingerprint density at radius 3 is 2.68 bits per heavy atom. The van der Waals surface area contributed by atoms with Gasteiger partial charge < -0.3 is 9.84 Å². The second-order valence-corrected chi connectivity index (χ2v) is 8.21. The third-order valence-corrected chi connectivity index (χ3v) is 5.68. The van der Waals surface area contributed by atoms with Gasteiger partial charge >= 0.3 is 5.97 Å². The Morgan fingerprint density at radius 2 is 2.04 bits per heavy atom. The Balaban J connectivity index is 1.80. The molecule has 0 heterocycles. The van der Waals surface area contributed by atoms with Gasteiger partial charge in [0, 0.05) is 6.08 Å². The zero-order valence-corrected chi connectivity index (χ0v) is 16.0. The summed E-state index contributed by atoms with van der Waals surface area (Å²) < 4.78 is 5.52. The zero-order chi connectivity index (χ0) is 18.4.